The number of aliphatic hydroxyl groups excluding tert-OH is 1. The van der Waals surface area contributed by atoms with Crippen LogP contribution in [0.3, 0.4) is 0 Å². The number of hydrogen-bond donors (Lipinski definition) is 6. The molecule has 166 valence electrons. The third-order valence-corrected chi connectivity index (χ3v) is 7.48. The van der Waals surface area contributed by atoms with E-state index >= 15 is 0 Å². The van der Waals surface area contributed by atoms with Gasteiger partial charge in [0.15, 0.2) is 5.75 Å². The van der Waals surface area contributed by atoms with Gasteiger partial charge >= 0.3 is 23.5 Å². The van der Waals surface area contributed by atoms with Crippen LogP contribution in [0.2, 0.25) is 0 Å². The minimum Gasteiger partial charge on any atom is -0.503 e. The average Bonchev–Trinajstić information content (AvgIpc) is 2.88. The monoisotopic (exact) mass is 481 g/mol. The minimum atomic E-state index is -5.65. The number of aliphatic hydroxyl groups is 1. The van der Waals surface area contributed by atoms with Crippen molar-refractivity contribution in [2.45, 2.75) is 31.8 Å². The molecule has 0 bridgehead atoms. The van der Waals surface area contributed by atoms with Crippen molar-refractivity contribution in [3.05, 3.63) is 28.2 Å². The number of phosphoric ester groups is 1. The number of nitrogens with zero attached hydrogens (tertiary/aromatic N) is 1. The molecule has 1 aromatic heterocycles. The van der Waals surface area contributed by atoms with Crippen molar-refractivity contribution >= 4 is 23.5 Å². The normalized spacial score (nSPS) is 26.8. The summed E-state index contributed by atoms with van der Waals surface area (Å²) in [7, 11) is -16.5. The molecule has 0 saturated carbocycles. The Labute approximate surface area is 162 Å². The van der Waals surface area contributed by atoms with Crippen molar-refractivity contribution in [1.29, 1.82) is 0 Å². The molecule has 0 radical (unpaired) electrons. The van der Waals surface area contributed by atoms with Gasteiger partial charge in [0.05, 0.1) is 18.4 Å². The number of pyridine rings is 1. The van der Waals surface area contributed by atoms with Gasteiger partial charge in [0.25, 0.3) is 0 Å². The highest BCUT2D eigenvalue weighted by atomic mass is 31.3. The van der Waals surface area contributed by atoms with Crippen LogP contribution in [0.5, 0.6) is 5.75 Å². The van der Waals surface area contributed by atoms with Gasteiger partial charge in [-0.05, 0) is 6.92 Å². The van der Waals surface area contributed by atoms with Crippen LogP contribution in [0, 0.1) is 6.92 Å². The molecule has 29 heavy (non-hydrogen) atoms. The second-order valence-electron chi connectivity index (χ2n) is 5.84. The maximum Gasteiger partial charge on any atom is 0.490 e. The highest BCUT2D eigenvalue weighted by molar-refractivity contribution is 7.66. The van der Waals surface area contributed by atoms with E-state index in [9.17, 15) is 33.6 Å². The Morgan fingerprint density at radius 2 is 1.79 bits per heavy atom. The predicted molar refractivity (Wildman–Crippen MR) is 91.5 cm³/mol. The fourth-order valence-corrected chi connectivity index (χ4v) is 5.49. The Morgan fingerprint density at radius 1 is 1.17 bits per heavy atom. The molecular formula is C11H18NO14P3. The molecule has 1 aliphatic heterocycles. The van der Waals surface area contributed by atoms with Crippen molar-refractivity contribution in [3.8, 4) is 5.75 Å². The Kier molecular flexibility index (Phi) is 7.28. The largest absolute Gasteiger partial charge is 0.503 e. The van der Waals surface area contributed by atoms with E-state index in [0.717, 1.165) is 6.07 Å². The molecule has 0 aromatic carbocycles. The van der Waals surface area contributed by atoms with Gasteiger partial charge in [0, 0.05) is 18.7 Å². The highest BCUT2D eigenvalue weighted by Crippen LogP contribution is 2.66. The zero-order valence-corrected chi connectivity index (χ0v) is 17.2. The summed E-state index contributed by atoms with van der Waals surface area (Å²) in [5.74, 6) is -0.526. The summed E-state index contributed by atoms with van der Waals surface area (Å²) in [5, 5.41) is 19.7. The minimum absolute atomic E-state index is 0.0619. The zero-order valence-electron chi connectivity index (χ0n) is 14.5. The van der Waals surface area contributed by atoms with Gasteiger partial charge in [-0.2, -0.15) is 8.62 Å². The predicted octanol–water partition coefficient (Wildman–Crippen LogP) is -0.146. The number of rotatable bonds is 8. The van der Waals surface area contributed by atoms with E-state index in [2.05, 4.69) is 13.1 Å². The third kappa shape index (κ3) is 6.79. The van der Waals surface area contributed by atoms with Crippen molar-refractivity contribution in [1.82, 2.24) is 4.57 Å². The molecule has 1 fully saturated rings. The van der Waals surface area contributed by atoms with Crippen LogP contribution in [0.1, 0.15) is 18.3 Å². The topological polar surface area (TPSA) is 232 Å². The fraction of sp³-hybridized carbons (Fsp3) is 0.545. The van der Waals surface area contributed by atoms with Crippen LogP contribution in [-0.4, -0.2) is 53.2 Å². The van der Waals surface area contributed by atoms with Crippen LogP contribution >= 0.6 is 23.5 Å². The van der Waals surface area contributed by atoms with Gasteiger partial charge in [-0.3, -0.25) is 9.32 Å². The summed E-state index contributed by atoms with van der Waals surface area (Å²) in [6, 6.07) is 1.07. The average molecular weight is 481 g/mol. The van der Waals surface area contributed by atoms with Crippen LogP contribution in [0.4, 0.5) is 0 Å². The molecule has 18 heteroatoms. The molecule has 0 spiro atoms. The molecule has 2 heterocycles. The summed E-state index contributed by atoms with van der Waals surface area (Å²) in [6.07, 6.45) is -2.11. The van der Waals surface area contributed by atoms with Crippen molar-refractivity contribution in [3.63, 3.8) is 0 Å². The first-order valence-corrected chi connectivity index (χ1v) is 12.1. The van der Waals surface area contributed by atoms with Gasteiger partial charge in [-0.25, -0.2) is 13.7 Å². The summed E-state index contributed by atoms with van der Waals surface area (Å²) in [4.78, 5) is 46.8. The molecule has 2 unspecified atom stereocenters. The number of phosphoric acid groups is 3. The molecule has 1 aromatic rings. The molecular weight excluding hydrogens is 463 g/mol. The lowest BCUT2D eigenvalue weighted by atomic mass is 10.2. The molecule has 15 nitrogen and oxygen atoms in total. The van der Waals surface area contributed by atoms with Crippen LogP contribution in [0.15, 0.2) is 17.1 Å². The van der Waals surface area contributed by atoms with Crippen molar-refractivity contribution in [2.24, 2.45) is 0 Å². The molecule has 0 aliphatic carbocycles. The summed E-state index contributed by atoms with van der Waals surface area (Å²) >= 11 is 0. The van der Waals surface area contributed by atoms with E-state index < -0.39 is 59.7 Å². The number of ether oxygens (including phenoxy) is 1. The van der Waals surface area contributed by atoms with E-state index in [1.165, 1.54) is 17.7 Å². The van der Waals surface area contributed by atoms with Crippen LogP contribution in [0.25, 0.3) is 0 Å². The van der Waals surface area contributed by atoms with Gasteiger partial charge < -0.3 is 39.1 Å². The number of hydrogen-bond acceptors (Lipinski definition) is 10. The quantitative estimate of drug-likeness (QED) is 0.265. The lowest BCUT2D eigenvalue weighted by Crippen LogP contribution is -2.26. The maximum atomic E-state index is 11.7. The molecule has 6 N–H and O–H groups in total. The van der Waals surface area contributed by atoms with E-state index in [1.54, 1.807) is 0 Å². The van der Waals surface area contributed by atoms with E-state index in [1.807, 2.05) is 0 Å². The zero-order chi connectivity index (χ0) is 22.2. The summed E-state index contributed by atoms with van der Waals surface area (Å²) in [6.45, 7) is 0.596. The Morgan fingerprint density at radius 3 is 2.38 bits per heavy atom. The number of aromatic nitrogens is 1. The maximum absolute atomic E-state index is 11.7. The molecule has 5 atom stereocenters. The van der Waals surface area contributed by atoms with Crippen molar-refractivity contribution < 1.29 is 61.4 Å². The Bertz CT molecular complexity index is 955. The summed E-state index contributed by atoms with van der Waals surface area (Å²) < 4.78 is 51.9. The smallest absolute Gasteiger partial charge is 0.490 e. The van der Waals surface area contributed by atoms with Gasteiger partial charge in [0.2, 0.25) is 5.43 Å². The lowest BCUT2D eigenvalue weighted by Gasteiger charge is -2.20. The van der Waals surface area contributed by atoms with Gasteiger partial charge in [-0.15, -0.1) is 0 Å². The SMILES string of the molecule is Cc1c(O)c(=O)ccn1[C@H]1C[C@H](O)[C@@H](COP(=O)(O)OP(=O)(O)OP(=O)(O)O)O1. The second kappa shape index (κ2) is 8.67. The molecule has 1 saturated heterocycles. The van der Waals surface area contributed by atoms with Crippen LogP contribution < -0.4 is 5.43 Å². The first-order valence-electron chi connectivity index (χ1n) is 7.63. The van der Waals surface area contributed by atoms with E-state index in [0.29, 0.717) is 0 Å². The van der Waals surface area contributed by atoms with Crippen LogP contribution in [-0.2, 0) is 31.6 Å². The first kappa shape index (κ1) is 24.4. The second-order valence-corrected chi connectivity index (χ2v) is 10.3. The molecule has 1 aliphatic rings. The standard InChI is InChI=1S/C11H18NO14P3/c1-6-11(15)7(13)2-3-12(6)10-4-8(14)9(24-10)5-23-28(19,20)26-29(21,22)25-27(16,17)18/h2-3,8-10,14-15H,4-5H2,1H3,(H,19,20)(H,21,22)(H2,16,17,18)/t8-,9+,10+/m0/s1. The van der Waals surface area contributed by atoms with Gasteiger partial charge in [0.1, 0.15) is 12.3 Å². The first-order chi connectivity index (χ1) is 13.1. The number of aromatic hydroxyl groups is 1. The lowest BCUT2D eigenvalue weighted by molar-refractivity contribution is -0.0443. The Balaban J connectivity index is 2.02. The fourth-order valence-electron chi connectivity index (χ4n) is 2.46. The summed E-state index contributed by atoms with van der Waals surface area (Å²) in [5.41, 5.74) is -0.482. The van der Waals surface area contributed by atoms with Crippen molar-refractivity contribution in [2.75, 3.05) is 6.61 Å². The van der Waals surface area contributed by atoms with E-state index in [4.69, 9.17) is 19.4 Å². The van der Waals surface area contributed by atoms with E-state index in [-0.39, 0.29) is 12.1 Å². The third-order valence-electron chi connectivity index (χ3n) is 3.68. The van der Waals surface area contributed by atoms with Gasteiger partial charge in [-0.1, -0.05) is 0 Å². The molecule has 2 rings (SSSR count). The Hall–Kier alpha value is -0.920. The molecule has 0 amide bonds. The highest BCUT2D eigenvalue weighted by Gasteiger charge is 2.42.